The van der Waals surface area contributed by atoms with E-state index in [1.165, 1.54) is 0 Å². The van der Waals surface area contributed by atoms with Gasteiger partial charge in [0.1, 0.15) is 6.10 Å². The van der Waals surface area contributed by atoms with Crippen LogP contribution in [-0.2, 0) is 0 Å². The Morgan fingerprint density at radius 3 is 2.93 bits per heavy atom. The zero-order valence-electron chi connectivity index (χ0n) is 9.25. The predicted molar refractivity (Wildman–Crippen MR) is 59.6 cm³/mol. The molecule has 3 nitrogen and oxygen atoms in total. The third-order valence-corrected chi connectivity index (χ3v) is 2.69. The predicted octanol–water partition coefficient (Wildman–Crippen LogP) is 1.74. The normalized spacial score (nSPS) is 20.3. The molecule has 1 unspecified atom stereocenters. The van der Waals surface area contributed by atoms with E-state index in [-0.39, 0.29) is 6.10 Å². The van der Waals surface area contributed by atoms with E-state index >= 15 is 0 Å². The lowest BCUT2D eigenvalue weighted by Crippen LogP contribution is -2.19. The van der Waals surface area contributed by atoms with Gasteiger partial charge in [-0.05, 0) is 31.5 Å². The lowest BCUT2D eigenvalue weighted by Gasteiger charge is -2.16. The fraction of sp³-hybridized carbons (Fsp3) is 0.500. The molecule has 1 N–H and O–H groups in total. The highest BCUT2D eigenvalue weighted by Crippen LogP contribution is 2.31. The van der Waals surface area contributed by atoms with Crippen LogP contribution >= 0.6 is 0 Å². The van der Waals surface area contributed by atoms with Gasteiger partial charge in [0.25, 0.3) is 0 Å². The van der Waals surface area contributed by atoms with Crippen LogP contribution in [0.2, 0.25) is 0 Å². The number of para-hydroxylation sites is 1. The molecule has 1 atom stereocenters. The first kappa shape index (κ1) is 10.3. The first-order chi connectivity index (χ1) is 7.31. The third-order valence-electron chi connectivity index (χ3n) is 2.69. The van der Waals surface area contributed by atoms with Crippen molar-refractivity contribution in [3.8, 4) is 11.5 Å². The SMILES string of the molecule is COc1c(C)cccc1OC1CCNC1. The summed E-state index contributed by atoms with van der Waals surface area (Å²) in [5.74, 6) is 1.70. The van der Waals surface area contributed by atoms with Crippen LogP contribution in [0.4, 0.5) is 0 Å². The minimum Gasteiger partial charge on any atom is -0.493 e. The second-order valence-corrected chi connectivity index (χ2v) is 3.84. The topological polar surface area (TPSA) is 30.5 Å². The standard InChI is InChI=1S/C12H17NO2/c1-9-4-3-5-11(12(9)14-2)15-10-6-7-13-8-10/h3-5,10,13H,6-8H2,1-2H3. The largest absolute Gasteiger partial charge is 0.493 e. The number of benzene rings is 1. The van der Waals surface area contributed by atoms with Gasteiger partial charge in [-0.25, -0.2) is 0 Å². The molecule has 0 radical (unpaired) electrons. The van der Waals surface area contributed by atoms with Gasteiger partial charge < -0.3 is 14.8 Å². The van der Waals surface area contributed by atoms with Gasteiger partial charge >= 0.3 is 0 Å². The smallest absolute Gasteiger partial charge is 0.163 e. The van der Waals surface area contributed by atoms with E-state index in [1.54, 1.807) is 7.11 Å². The first-order valence-electron chi connectivity index (χ1n) is 5.32. The Hall–Kier alpha value is -1.22. The van der Waals surface area contributed by atoms with E-state index in [2.05, 4.69) is 5.32 Å². The van der Waals surface area contributed by atoms with Crippen LogP contribution in [0.5, 0.6) is 11.5 Å². The van der Waals surface area contributed by atoms with E-state index in [1.807, 2.05) is 25.1 Å². The Morgan fingerprint density at radius 1 is 1.40 bits per heavy atom. The van der Waals surface area contributed by atoms with E-state index in [9.17, 15) is 0 Å². The summed E-state index contributed by atoms with van der Waals surface area (Å²) < 4.78 is 11.2. The Morgan fingerprint density at radius 2 is 2.27 bits per heavy atom. The second-order valence-electron chi connectivity index (χ2n) is 3.84. The fourth-order valence-electron chi connectivity index (χ4n) is 1.89. The van der Waals surface area contributed by atoms with Crippen LogP contribution in [0, 0.1) is 6.92 Å². The molecule has 0 bridgehead atoms. The number of rotatable bonds is 3. The average Bonchev–Trinajstić information content (AvgIpc) is 2.71. The lowest BCUT2D eigenvalue weighted by atomic mass is 10.2. The van der Waals surface area contributed by atoms with Gasteiger partial charge in [-0.1, -0.05) is 12.1 Å². The number of hydrogen-bond donors (Lipinski definition) is 1. The molecular weight excluding hydrogens is 190 g/mol. The van der Waals surface area contributed by atoms with Crippen LogP contribution in [0.25, 0.3) is 0 Å². The minimum atomic E-state index is 0.278. The maximum Gasteiger partial charge on any atom is 0.163 e. The molecule has 0 aromatic heterocycles. The Kier molecular flexibility index (Phi) is 3.11. The molecule has 1 saturated heterocycles. The van der Waals surface area contributed by atoms with Crippen LogP contribution in [0.15, 0.2) is 18.2 Å². The number of nitrogens with one attached hydrogen (secondary N) is 1. The van der Waals surface area contributed by atoms with Crippen molar-refractivity contribution in [2.75, 3.05) is 20.2 Å². The van der Waals surface area contributed by atoms with Crippen molar-refractivity contribution < 1.29 is 9.47 Å². The summed E-state index contributed by atoms with van der Waals surface area (Å²) in [5, 5.41) is 3.28. The van der Waals surface area contributed by atoms with Gasteiger partial charge in [-0.3, -0.25) is 0 Å². The van der Waals surface area contributed by atoms with Gasteiger partial charge in [-0.2, -0.15) is 0 Å². The molecule has 82 valence electrons. The van der Waals surface area contributed by atoms with Gasteiger partial charge in [0.2, 0.25) is 0 Å². The number of ether oxygens (including phenoxy) is 2. The monoisotopic (exact) mass is 207 g/mol. The highest BCUT2D eigenvalue weighted by molar-refractivity contribution is 5.45. The summed E-state index contributed by atoms with van der Waals surface area (Å²) in [6, 6.07) is 5.98. The summed E-state index contributed by atoms with van der Waals surface area (Å²) in [5.41, 5.74) is 1.11. The van der Waals surface area contributed by atoms with Gasteiger partial charge in [0.05, 0.1) is 7.11 Å². The number of hydrogen-bond acceptors (Lipinski definition) is 3. The minimum absolute atomic E-state index is 0.278. The molecule has 2 rings (SSSR count). The van der Waals surface area contributed by atoms with Crippen LogP contribution < -0.4 is 14.8 Å². The van der Waals surface area contributed by atoms with Crippen molar-refractivity contribution in [3.63, 3.8) is 0 Å². The molecule has 1 aliphatic rings. The summed E-state index contributed by atoms with van der Waals surface area (Å²) in [7, 11) is 1.68. The zero-order chi connectivity index (χ0) is 10.7. The molecule has 1 aromatic carbocycles. The molecule has 0 aliphatic carbocycles. The van der Waals surface area contributed by atoms with Crippen LogP contribution in [0.3, 0.4) is 0 Å². The van der Waals surface area contributed by atoms with E-state index in [0.717, 1.165) is 36.6 Å². The van der Waals surface area contributed by atoms with Gasteiger partial charge in [0.15, 0.2) is 11.5 Å². The molecule has 1 fully saturated rings. The molecule has 0 amide bonds. The number of methoxy groups -OCH3 is 1. The van der Waals surface area contributed by atoms with E-state index in [0.29, 0.717) is 0 Å². The molecule has 3 heteroatoms. The highest BCUT2D eigenvalue weighted by atomic mass is 16.5. The number of aryl methyl sites for hydroxylation is 1. The molecule has 1 heterocycles. The van der Waals surface area contributed by atoms with Crippen molar-refractivity contribution in [2.24, 2.45) is 0 Å². The summed E-state index contributed by atoms with van der Waals surface area (Å²) in [4.78, 5) is 0. The highest BCUT2D eigenvalue weighted by Gasteiger charge is 2.18. The average molecular weight is 207 g/mol. The lowest BCUT2D eigenvalue weighted by molar-refractivity contribution is 0.212. The van der Waals surface area contributed by atoms with Crippen molar-refractivity contribution in [1.29, 1.82) is 0 Å². The summed E-state index contributed by atoms with van der Waals surface area (Å²) in [6.45, 7) is 3.99. The molecule has 0 saturated carbocycles. The molecule has 15 heavy (non-hydrogen) atoms. The van der Waals surface area contributed by atoms with E-state index < -0.39 is 0 Å². The zero-order valence-corrected chi connectivity index (χ0v) is 9.25. The van der Waals surface area contributed by atoms with Crippen molar-refractivity contribution >= 4 is 0 Å². The Labute approximate surface area is 90.4 Å². The Bertz CT molecular complexity index is 332. The molecule has 0 spiro atoms. The van der Waals surface area contributed by atoms with Gasteiger partial charge in [0, 0.05) is 6.54 Å². The van der Waals surface area contributed by atoms with Gasteiger partial charge in [-0.15, -0.1) is 0 Å². The van der Waals surface area contributed by atoms with Crippen LogP contribution in [-0.4, -0.2) is 26.3 Å². The van der Waals surface area contributed by atoms with E-state index in [4.69, 9.17) is 9.47 Å². The Balaban J connectivity index is 2.15. The maximum atomic E-state index is 5.89. The molecule has 1 aromatic rings. The summed E-state index contributed by atoms with van der Waals surface area (Å²) >= 11 is 0. The van der Waals surface area contributed by atoms with Crippen molar-refractivity contribution in [2.45, 2.75) is 19.4 Å². The van der Waals surface area contributed by atoms with Crippen LogP contribution in [0.1, 0.15) is 12.0 Å². The van der Waals surface area contributed by atoms with Crippen molar-refractivity contribution in [1.82, 2.24) is 5.32 Å². The fourth-order valence-corrected chi connectivity index (χ4v) is 1.89. The summed E-state index contributed by atoms with van der Waals surface area (Å²) in [6.07, 6.45) is 1.34. The quantitative estimate of drug-likeness (QED) is 0.819. The molecular formula is C12H17NO2. The molecule has 1 aliphatic heterocycles. The third kappa shape index (κ3) is 2.23. The maximum absolute atomic E-state index is 5.89. The van der Waals surface area contributed by atoms with Crippen molar-refractivity contribution in [3.05, 3.63) is 23.8 Å². The first-order valence-corrected chi connectivity index (χ1v) is 5.32. The second kappa shape index (κ2) is 4.53.